The van der Waals surface area contributed by atoms with E-state index < -0.39 is 30.0 Å². The normalized spacial score (nSPS) is 11.0. The lowest BCUT2D eigenvalue weighted by atomic mass is 10.3. The molecule has 0 radical (unpaired) electrons. The van der Waals surface area contributed by atoms with Gasteiger partial charge in [-0.1, -0.05) is 36.0 Å². The molecule has 1 aromatic heterocycles. The summed E-state index contributed by atoms with van der Waals surface area (Å²) in [6.45, 7) is -0.544. The van der Waals surface area contributed by atoms with Crippen LogP contribution in [0.4, 0.5) is 14.5 Å². The molecule has 0 unspecified atom stereocenters. The number of benzene rings is 2. The Kier molecular flexibility index (Phi) is 6.65. The molecule has 0 aliphatic carbocycles. The Morgan fingerprint density at radius 1 is 1.14 bits per heavy atom. The van der Waals surface area contributed by atoms with E-state index in [9.17, 15) is 23.2 Å². The zero-order valence-corrected chi connectivity index (χ0v) is 15.8. The number of anilines is 1. The van der Waals surface area contributed by atoms with Crippen molar-refractivity contribution in [1.82, 2.24) is 4.57 Å². The number of hydrogen-bond acceptors (Lipinski definition) is 6. The van der Waals surface area contributed by atoms with Crippen molar-refractivity contribution in [1.29, 1.82) is 0 Å². The number of ether oxygens (including phenoxy) is 1. The zero-order valence-electron chi connectivity index (χ0n) is 15.0. The summed E-state index contributed by atoms with van der Waals surface area (Å²) in [7, 11) is 0. The van der Waals surface area contributed by atoms with Crippen LogP contribution in [0.5, 0.6) is 0 Å². The third-order valence-electron chi connectivity index (χ3n) is 3.85. The number of nitrogens with zero attached hydrogens (tertiary/aromatic N) is 1. The molecule has 1 N–H and O–H groups in total. The molecule has 0 fully saturated rings. The van der Waals surface area contributed by atoms with E-state index in [0.717, 1.165) is 0 Å². The molecule has 152 valence electrons. The molecular formula is C19H16F2N2O5S. The van der Waals surface area contributed by atoms with Gasteiger partial charge in [0, 0.05) is 11.4 Å². The summed E-state index contributed by atoms with van der Waals surface area (Å²) in [6, 6.07) is 12.9. The Labute approximate surface area is 167 Å². The highest BCUT2D eigenvalue weighted by molar-refractivity contribution is 7.99. The molecule has 0 saturated carbocycles. The highest BCUT2D eigenvalue weighted by Crippen LogP contribution is 2.31. The Morgan fingerprint density at radius 2 is 1.86 bits per heavy atom. The van der Waals surface area contributed by atoms with Gasteiger partial charge in [0.05, 0.1) is 17.6 Å². The minimum atomic E-state index is -2.63. The minimum Gasteiger partial charge on any atom is -0.456 e. The van der Waals surface area contributed by atoms with Crippen molar-refractivity contribution in [2.24, 2.45) is 0 Å². The van der Waals surface area contributed by atoms with E-state index in [1.807, 2.05) is 0 Å². The first-order chi connectivity index (χ1) is 13.9. The number of rotatable bonds is 8. The average molecular weight is 422 g/mol. The fourth-order valence-electron chi connectivity index (χ4n) is 2.60. The van der Waals surface area contributed by atoms with Gasteiger partial charge in [-0.2, -0.15) is 8.78 Å². The number of fused-ring (bicyclic) bond motifs is 1. The van der Waals surface area contributed by atoms with Crippen LogP contribution in [0, 0.1) is 0 Å². The first-order valence-corrected chi connectivity index (χ1v) is 9.39. The Balaban J connectivity index is 1.51. The largest absolute Gasteiger partial charge is 0.456 e. The van der Waals surface area contributed by atoms with E-state index in [4.69, 9.17) is 9.15 Å². The van der Waals surface area contributed by atoms with Crippen molar-refractivity contribution in [2.45, 2.75) is 23.6 Å². The quantitative estimate of drug-likeness (QED) is 0.442. The molecule has 0 aliphatic heterocycles. The maximum absolute atomic E-state index is 12.6. The van der Waals surface area contributed by atoms with Gasteiger partial charge >= 0.3 is 11.7 Å². The highest BCUT2D eigenvalue weighted by atomic mass is 32.2. The smallest absolute Gasteiger partial charge is 0.419 e. The molecule has 1 amide bonds. The number of amides is 1. The van der Waals surface area contributed by atoms with Crippen molar-refractivity contribution in [3.8, 4) is 0 Å². The molecule has 1 heterocycles. The van der Waals surface area contributed by atoms with E-state index in [2.05, 4.69) is 5.32 Å². The predicted molar refractivity (Wildman–Crippen MR) is 103 cm³/mol. The van der Waals surface area contributed by atoms with E-state index in [-0.39, 0.29) is 23.5 Å². The molecule has 0 saturated heterocycles. The van der Waals surface area contributed by atoms with Gasteiger partial charge in [-0.05, 0) is 24.3 Å². The van der Waals surface area contributed by atoms with Crippen molar-refractivity contribution >= 4 is 40.4 Å². The number of thioether (sulfide) groups is 1. The Morgan fingerprint density at radius 3 is 2.66 bits per heavy atom. The predicted octanol–water partition coefficient (Wildman–Crippen LogP) is 3.48. The highest BCUT2D eigenvalue weighted by Gasteiger charge is 2.14. The van der Waals surface area contributed by atoms with Crippen LogP contribution < -0.4 is 11.1 Å². The third-order valence-corrected chi connectivity index (χ3v) is 4.64. The lowest BCUT2D eigenvalue weighted by Crippen LogP contribution is -2.23. The Hall–Kier alpha value is -3.14. The minimum absolute atomic E-state index is 0.0319. The number of halogens is 2. The van der Waals surface area contributed by atoms with Gasteiger partial charge in [0.1, 0.15) is 0 Å². The van der Waals surface area contributed by atoms with Gasteiger partial charge in [-0.3, -0.25) is 14.2 Å². The zero-order chi connectivity index (χ0) is 20.8. The summed E-state index contributed by atoms with van der Waals surface area (Å²) >= 11 is 0.303. The van der Waals surface area contributed by atoms with E-state index in [0.29, 0.717) is 22.9 Å². The van der Waals surface area contributed by atoms with Crippen LogP contribution in [0.1, 0.15) is 6.42 Å². The Bertz CT molecular complexity index is 1080. The molecule has 10 heteroatoms. The van der Waals surface area contributed by atoms with Crippen LogP contribution in [-0.4, -0.2) is 28.8 Å². The van der Waals surface area contributed by atoms with Gasteiger partial charge in [0.25, 0.3) is 11.7 Å². The van der Waals surface area contributed by atoms with E-state index in [1.54, 1.807) is 36.4 Å². The molecular weight excluding hydrogens is 406 g/mol. The van der Waals surface area contributed by atoms with Crippen LogP contribution in [0.3, 0.4) is 0 Å². The van der Waals surface area contributed by atoms with Crippen molar-refractivity contribution in [3.05, 3.63) is 59.1 Å². The summed E-state index contributed by atoms with van der Waals surface area (Å²) < 4.78 is 36.4. The molecule has 0 bridgehead atoms. The van der Waals surface area contributed by atoms with E-state index in [1.165, 1.54) is 16.7 Å². The number of nitrogens with one attached hydrogen (secondary N) is 1. The van der Waals surface area contributed by atoms with Gasteiger partial charge in [-0.15, -0.1) is 0 Å². The maximum atomic E-state index is 12.6. The van der Waals surface area contributed by atoms with Crippen LogP contribution in [0.25, 0.3) is 11.1 Å². The van der Waals surface area contributed by atoms with E-state index >= 15 is 0 Å². The summed E-state index contributed by atoms with van der Waals surface area (Å²) in [5, 5.41) is 2.43. The van der Waals surface area contributed by atoms with Crippen molar-refractivity contribution in [2.75, 3.05) is 11.9 Å². The second-order valence-corrected chi connectivity index (χ2v) is 6.85. The molecule has 0 aliphatic rings. The molecule has 0 spiro atoms. The van der Waals surface area contributed by atoms with Crippen LogP contribution in [0.2, 0.25) is 0 Å². The van der Waals surface area contributed by atoms with Gasteiger partial charge in [0.2, 0.25) is 0 Å². The maximum Gasteiger partial charge on any atom is 0.419 e. The lowest BCUT2D eigenvalue weighted by molar-refractivity contribution is -0.147. The van der Waals surface area contributed by atoms with Crippen LogP contribution >= 0.6 is 11.8 Å². The number of carbonyl (C=O) groups excluding carboxylic acids is 2. The standard InChI is InChI=1S/C19H16F2N2O5S/c20-18(21)29-15-8-4-1-5-12(15)22-16(24)11-27-17(25)9-10-23-13-6-2-3-7-14(13)28-19(23)26/h1-8,18H,9-11H2,(H,22,24). The van der Waals surface area contributed by atoms with Gasteiger partial charge in [0.15, 0.2) is 12.2 Å². The number of oxazole rings is 1. The molecule has 2 aromatic carbocycles. The van der Waals surface area contributed by atoms with Crippen molar-refractivity contribution in [3.63, 3.8) is 0 Å². The van der Waals surface area contributed by atoms with Crippen molar-refractivity contribution < 1.29 is 27.5 Å². The number of esters is 1. The molecule has 3 rings (SSSR count). The number of aryl methyl sites for hydroxylation is 1. The van der Waals surface area contributed by atoms with Crippen LogP contribution in [0.15, 0.2) is 62.6 Å². The monoisotopic (exact) mass is 422 g/mol. The SMILES string of the molecule is O=C(COC(=O)CCn1c(=O)oc2ccccc21)Nc1ccccc1SC(F)F. The fraction of sp³-hybridized carbons (Fsp3) is 0.211. The van der Waals surface area contributed by atoms with Crippen LogP contribution in [-0.2, 0) is 20.9 Å². The van der Waals surface area contributed by atoms with Gasteiger partial charge in [-0.25, -0.2) is 4.79 Å². The summed E-state index contributed by atoms with van der Waals surface area (Å²) in [5.74, 6) is -4.57. The molecule has 7 nitrogen and oxygen atoms in total. The number of para-hydroxylation sites is 3. The first kappa shape index (κ1) is 20.6. The summed E-state index contributed by atoms with van der Waals surface area (Å²) in [5.41, 5.74) is 1.16. The lowest BCUT2D eigenvalue weighted by Gasteiger charge is -2.10. The molecule has 29 heavy (non-hydrogen) atoms. The summed E-state index contributed by atoms with van der Waals surface area (Å²) in [6.07, 6.45) is -0.144. The van der Waals surface area contributed by atoms with Gasteiger partial charge < -0.3 is 14.5 Å². The first-order valence-electron chi connectivity index (χ1n) is 8.51. The molecule has 0 atom stereocenters. The fourth-order valence-corrected chi connectivity index (χ4v) is 3.20. The second-order valence-electron chi connectivity index (χ2n) is 5.82. The third kappa shape index (κ3) is 5.44. The number of carbonyl (C=O) groups is 2. The number of hydrogen-bond donors (Lipinski definition) is 1. The average Bonchev–Trinajstić information content (AvgIpc) is 3.01. The topological polar surface area (TPSA) is 90.5 Å². The number of alkyl halides is 2. The second kappa shape index (κ2) is 9.37. The summed E-state index contributed by atoms with van der Waals surface area (Å²) in [4.78, 5) is 35.9. The number of aromatic nitrogens is 1. The molecule has 3 aromatic rings.